The molecule has 0 bridgehead atoms. The van der Waals surface area contributed by atoms with Gasteiger partial charge in [-0.15, -0.1) is 0 Å². The summed E-state index contributed by atoms with van der Waals surface area (Å²) >= 11 is 0. The summed E-state index contributed by atoms with van der Waals surface area (Å²) in [7, 11) is 1.10. The van der Waals surface area contributed by atoms with Crippen LogP contribution in [0.3, 0.4) is 0 Å². The lowest BCUT2D eigenvalue weighted by molar-refractivity contribution is 0.103. The molecular weight excluding hydrogens is 301 g/mol. The number of hydrogen-bond acceptors (Lipinski definition) is 5. The number of cyclic esters (lactones) is 1. The van der Waals surface area contributed by atoms with Crippen molar-refractivity contribution in [2.24, 2.45) is 0 Å². The molecule has 1 aliphatic heterocycles. The maximum absolute atomic E-state index is 13.6. The summed E-state index contributed by atoms with van der Waals surface area (Å²) < 4.78 is 45.4. The average Bonchev–Trinajstić information content (AvgIpc) is 2.72. The molecule has 0 aliphatic carbocycles. The maximum Gasteiger partial charge on any atom is 0.407 e. The van der Waals surface area contributed by atoms with E-state index in [1.54, 1.807) is 0 Å². The van der Waals surface area contributed by atoms with E-state index >= 15 is 0 Å². The average molecular weight is 310 g/mol. The quantitative estimate of drug-likeness (QED) is 0.846. The highest BCUT2D eigenvalue weighted by Gasteiger charge is 2.23. The Hall–Kier alpha value is -1.54. The van der Waals surface area contributed by atoms with E-state index in [9.17, 15) is 17.6 Å². The van der Waals surface area contributed by atoms with Crippen molar-refractivity contribution in [1.82, 2.24) is 5.32 Å². The monoisotopic (exact) mass is 309 g/mol. The lowest BCUT2D eigenvalue weighted by Crippen LogP contribution is -2.22. The molecule has 1 fully saturated rings. The van der Waals surface area contributed by atoms with Crippen LogP contribution in [-0.2, 0) is 13.8 Å². The van der Waals surface area contributed by atoms with E-state index in [4.69, 9.17) is 20.2 Å². The fourth-order valence-electron chi connectivity index (χ4n) is 1.46. The Kier molecular flexibility index (Phi) is 3.81. The van der Waals surface area contributed by atoms with Gasteiger partial charge >= 0.3 is 6.09 Å². The smallest absolute Gasteiger partial charge is 0.407 e. The molecule has 1 heterocycles. The SMILES string of the molecule is O=C1NCC(COc2ccc(S(=O)(=O)Cl)cc2F)O1. The van der Waals surface area contributed by atoms with Crippen LogP contribution in [0.25, 0.3) is 0 Å². The number of hydrogen-bond donors (Lipinski definition) is 1. The van der Waals surface area contributed by atoms with E-state index in [1.807, 2.05) is 0 Å². The van der Waals surface area contributed by atoms with Crippen molar-refractivity contribution in [2.75, 3.05) is 13.2 Å². The van der Waals surface area contributed by atoms with E-state index < -0.39 is 27.1 Å². The van der Waals surface area contributed by atoms with Gasteiger partial charge in [0.15, 0.2) is 17.7 Å². The Balaban J connectivity index is 2.03. The molecule has 0 radical (unpaired) electrons. The van der Waals surface area contributed by atoms with E-state index in [0.717, 1.165) is 18.2 Å². The molecule has 0 spiro atoms. The third kappa shape index (κ3) is 3.48. The van der Waals surface area contributed by atoms with Crippen LogP contribution in [0.5, 0.6) is 5.75 Å². The fraction of sp³-hybridized carbons (Fsp3) is 0.300. The molecule has 1 saturated heterocycles. The summed E-state index contributed by atoms with van der Waals surface area (Å²) in [6.45, 7) is 0.233. The van der Waals surface area contributed by atoms with Gasteiger partial charge in [0, 0.05) is 10.7 Å². The lowest BCUT2D eigenvalue weighted by Gasteiger charge is -2.11. The predicted octanol–water partition coefficient (Wildman–Crippen LogP) is 1.24. The zero-order chi connectivity index (χ0) is 14.0. The lowest BCUT2D eigenvalue weighted by atomic mass is 10.3. The molecule has 19 heavy (non-hydrogen) atoms. The highest BCUT2D eigenvalue weighted by Crippen LogP contribution is 2.23. The van der Waals surface area contributed by atoms with Crippen molar-refractivity contribution in [3.63, 3.8) is 0 Å². The van der Waals surface area contributed by atoms with Gasteiger partial charge in [0.2, 0.25) is 0 Å². The summed E-state index contributed by atoms with van der Waals surface area (Å²) in [6.07, 6.45) is -1.07. The van der Waals surface area contributed by atoms with Crippen LogP contribution in [-0.4, -0.2) is 33.8 Å². The van der Waals surface area contributed by atoms with Gasteiger partial charge < -0.3 is 14.8 Å². The summed E-state index contributed by atoms with van der Waals surface area (Å²) in [5.74, 6) is -1.01. The summed E-state index contributed by atoms with van der Waals surface area (Å²) in [5, 5.41) is 2.42. The van der Waals surface area contributed by atoms with Crippen molar-refractivity contribution in [3.8, 4) is 5.75 Å². The van der Waals surface area contributed by atoms with Gasteiger partial charge in [0.05, 0.1) is 11.4 Å². The fourth-order valence-corrected chi connectivity index (χ4v) is 2.22. The minimum atomic E-state index is -3.98. The molecule has 1 amide bonds. The Morgan fingerprint density at radius 2 is 2.26 bits per heavy atom. The third-order valence-corrected chi connectivity index (χ3v) is 3.71. The first-order valence-corrected chi connectivity index (χ1v) is 7.48. The normalized spacial score (nSPS) is 18.8. The van der Waals surface area contributed by atoms with Gasteiger partial charge in [-0.05, 0) is 18.2 Å². The highest BCUT2D eigenvalue weighted by atomic mass is 35.7. The van der Waals surface area contributed by atoms with E-state index in [-0.39, 0.29) is 23.8 Å². The second-order valence-electron chi connectivity index (χ2n) is 3.75. The van der Waals surface area contributed by atoms with Crippen LogP contribution in [0.4, 0.5) is 9.18 Å². The molecule has 1 N–H and O–H groups in total. The van der Waals surface area contributed by atoms with Gasteiger partial charge in [-0.25, -0.2) is 17.6 Å². The molecule has 0 saturated carbocycles. The molecule has 1 aliphatic rings. The van der Waals surface area contributed by atoms with Gasteiger partial charge in [-0.2, -0.15) is 0 Å². The van der Waals surface area contributed by atoms with Crippen LogP contribution in [0.2, 0.25) is 0 Å². The predicted molar refractivity (Wildman–Crippen MR) is 63.2 cm³/mol. The molecule has 104 valence electrons. The minimum Gasteiger partial charge on any atom is -0.487 e. The number of carbonyl (C=O) groups excluding carboxylic acids is 1. The number of halogens is 2. The first-order valence-electron chi connectivity index (χ1n) is 5.18. The van der Waals surface area contributed by atoms with Gasteiger partial charge in [0.1, 0.15) is 6.61 Å². The number of rotatable bonds is 4. The zero-order valence-electron chi connectivity index (χ0n) is 9.43. The molecule has 1 aromatic rings. The van der Waals surface area contributed by atoms with Crippen molar-refractivity contribution in [2.45, 2.75) is 11.0 Å². The van der Waals surface area contributed by atoms with Crippen molar-refractivity contribution < 1.29 is 27.1 Å². The van der Waals surface area contributed by atoms with Crippen molar-refractivity contribution in [1.29, 1.82) is 0 Å². The molecule has 1 atom stereocenters. The standard InChI is InChI=1S/C10H9ClFNO5S/c11-19(15,16)7-1-2-9(8(12)3-7)17-5-6-4-13-10(14)18-6/h1-3,6H,4-5H2,(H,13,14). The summed E-state index contributed by atoms with van der Waals surface area (Å²) in [4.78, 5) is 10.4. The summed E-state index contributed by atoms with van der Waals surface area (Å²) in [6, 6.07) is 3.03. The van der Waals surface area contributed by atoms with Crippen LogP contribution in [0.1, 0.15) is 0 Å². The molecule has 6 nitrogen and oxygen atoms in total. The Labute approximate surface area is 112 Å². The number of benzene rings is 1. The minimum absolute atomic E-state index is 0.0391. The van der Waals surface area contributed by atoms with Crippen LogP contribution in [0, 0.1) is 5.82 Å². The van der Waals surface area contributed by atoms with E-state index in [2.05, 4.69) is 5.32 Å². The topological polar surface area (TPSA) is 81.7 Å². The molecule has 1 unspecified atom stereocenters. The van der Waals surface area contributed by atoms with Gasteiger partial charge in [0.25, 0.3) is 9.05 Å². The van der Waals surface area contributed by atoms with Gasteiger partial charge in [-0.1, -0.05) is 0 Å². The molecule has 2 rings (SSSR count). The Morgan fingerprint density at radius 1 is 1.53 bits per heavy atom. The largest absolute Gasteiger partial charge is 0.487 e. The molecule has 9 heteroatoms. The second kappa shape index (κ2) is 5.22. The van der Waals surface area contributed by atoms with E-state index in [0.29, 0.717) is 0 Å². The number of ether oxygens (including phenoxy) is 2. The Morgan fingerprint density at radius 3 is 2.79 bits per heavy atom. The molecule has 1 aromatic carbocycles. The third-order valence-electron chi connectivity index (χ3n) is 2.36. The maximum atomic E-state index is 13.6. The van der Waals surface area contributed by atoms with Crippen LogP contribution >= 0.6 is 10.7 Å². The van der Waals surface area contributed by atoms with Crippen LogP contribution < -0.4 is 10.1 Å². The second-order valence-corrected chi connectivity index (χ2v) is 6.32. The molecular formula is C10H9ClFNO5S. The number of alkyl carbamates (subject to hydrolysis) is 1. The van der Waals surface area contributed by atoms with Crippen molar-refractivity contribution >= 4 is 25.8 Å². The summed E-state index contributed by atoms with van der Waals surface area (Å²) in [5.41, 5.74) is 0. The first-order chi connectivity index (χ1) is 8.86. The number of nitrogens with one attached hydrogen (secondary N) is 1. The first kappa shape index (κ1) is 13.9. The van der Waals surface area contributed by atoms with Crippen molar-refractivity contribution in [3.05, 3.63) is 24.0 Å². The van der Waals surface area contributed by atoms with E-state index in [1.165, 1.54) is 0 Å². The number of amides is 1. The highest BCUT2D eigenvalue weighted by molar-refractivity contribution is 8.13. The molecule has 0 aromatic heterocycles. The Bertz CT molecular complexity index is 606. The van der Waals surface area contributed by atoms with Gasteiger partial charge in [-0.3, -0.25) is 0 Å². The van der Waals surface area contributed by atoms with Crippen LogP contribution in [0.15, 0.2) is 23.1 Å². The zero-order valence-corrected chi connectivity index (χ0v) is 11.0. The number of carbonyl (C=O) groups is 1.